The second-order valence-electron chi connectivity index (χ2n) is 15.2. The Kier molecular flexibility index (Phi) is 13.2. The van der Waals surface area contributed by atoms with Gasteiger partial charge in [-0.3, -0.25) is 0 Å². The fraction of sp³-hybridized carbons (Fsp3) is 0.632. The Morgan fingerprint density at radius 1 is 1.02 bits per heavy atom. The van der Waals surface area contributed by atoms with Crippen LogP contribution in [0.25, 0.3) is 0 Å². The first-order chi connectivity index (χ1) is 25.9. The SMILES string of the molecule is CC(C)(CCCCCNC(=O)O[C@@H]1CCOC1)CN(C[C@@H](O)[C@H](Cc1ccccc1)N(C(=O)[O-])[C@H]1CO[C@H]2OCC[C@H]21)S(=O)(=O)c1ccc2c(c1)OCO2. The van der Waals surface area contributed by atoms with Crippen LogP contribution in [-0.2, 0) is 35.4 Å². The Morgan fingerprint density at radius 3 is 2.57 bits per heavy atom. The minimum atomic E-state index is -4.25. The molecule has 2 aromatic carbocycles. The highest BCUT2D eigenvalue weighted by atomic mass is 32.2. The highest BCUT2D eigenvalue weighted by Crippen LogP contribution is 2.38. The van der Waals surface area contributed by atoms with Crippen LogP contribution >= 0.6 is 0 Å². The van der Waals surface area contributed by atoms with E-state index in [2.05, 4.69) is 5.32 Å². The monoisotopic (exact) mass is 774 g/mol. The van der Waals surface area contributed by atoms with Gasteiger partial charge in [0.1, 0.15) is 12.2 Å². The van der Waals surface area contributed by atoms with E-state index in [1.807, 2.05) is 44.2 Å². The number of sulfonamides is 1. The van der Waals surface area contributed by atoms with Crippen LogP contribution in [0.2, 0.25) is 0 Å². The maximum Gasteiger partial charge on any atom is 0.407 e. The molecule has 6 atom stereocenters. The number of unbranched alkanes of at least 4 members (excludes halogenated alkanes) is 2. The maximum atomic E-state index is 14.5. The number of rotatable bonds is 18. The molecule has 15 nitrogen and oxygen atoms in total. The van der Waals surface area contributed by atoms with E-state index in [0.717, 1.165) is 23.3 Å². The summed E-state index contributed by atoms with van der Waals surface area (Å²) < 4.78 is 63.2. The summed E-state index contributed by atoms with van der Waals surface area (Å²) in [5.41, 5.74) is 0.209. The van der Waals surface area contributed by atoms with Crippen LogP contribution in [0.3, 0.4) is 0 Å². The first-order valence-electron chi connectivity index (χ1n) is 18.8. The highest BCUT2D eigenvalue weighted by molar-refractivity contribution is 7.89. The number of hydrogen-bond acceptors (Lipinski definition) is 12. The maximum absolute atomic E-state index is 14.5. The zero-order chi connectivity index (χ0) is 38.3. The third kappa shape index (κ3) is 9.95. The van der Waals surface area contributed by atoms with E-state index in [-0.39, 0.29) is 43.3 Å². The van der Waals surface area contributed by atoms with Gasteiger partial charge in [0.25, 0.3) is 0 Å². The molecule has 0 aromatic heterocycles. The summed E-state index contributed by atoms with van der Waals surface area (Å²) in [6.07, 6.45) is 0.112. The molecule has 6 rings (SSSR count). The van der Waals surface area contributed by atoms with Crippen molar-refractivity contribution >= 4 is 22.2 Å². The molecule has 4 aliphatic heterocycles. The van der Waals surface area contributed by atoms with Gasteiger partial charge >= 0.3 is 6.09 Å². The first kappa shape index (κ1) is 40.0. The second kappa shape index (κ2) is 17.9. The number of ether oxygens (including phenoxy) is 6. The lowest BCUT2D eigenvalue weighted by molar-refractivity contribution is -0.273. The van der Waals surface area contributed by atoms with E-state index in [9.17, 15) is 28.2 Å². The molecule has 2 aromatic rings. The summed E-state index contributed by atoms with van der Waals surface area (Å²) in [6.45, 7) is 5.48. The number of nitrogens with one attached hydrogen (secondary N) is 1. The Morgan fingerprint density at radius 2 is 1.81 bits per heavy atom. The molecule has 4 heterocycles. The molecule has 0 radical (unpaired) electrons. The first-order valence-corrected chi connectivity index (χ1v) is 20.2. The van der Waals surface area contributed by atoms with E-state index in [0.29, 0.717) is 63.5 Å². The topological polar surface area (TPSA) is 185 Å². The van der Waals surface area contributed by atoms with Gasteiger partial charge in [0, 0.05) is 38.0 Å². The second-order valence-corrected chi connectivity index (χ2v) is 17.1. The number of amides is 2. The molecule has 0 spiro atoms. The third-order valence-corrected chi connectivity index (χ3v) is 12.4. The summed E-state index contributed by atoms with van der Waals surface area (Å²) in [5, 5.41) is 27.9. The Bertz CT molecular complexity index is 1670. The molecule has 3 saturated heterocycles. The van der Waals surface area contributed by atoms with Crippen molar-refractivity contribution in [1.82, 2.24) is 14.5 Å². The van der Waals surface area contributed by atoms with Crippen molar-refractivity contribution in [2.24, 2.45) is 11.3 Å². The lowest BCUT2D eigenvalue weighted by Crippen LogP contribution is -2.61. The largest absolute Gasteiger partial charge is 0.530 e. The van der Waals surface area contributed by atoms with E-state index < -0.39 is 58.6 Å². The third-order valence-electron chi connectivity index (χ3n) is 10.6. The molecule has 0 aliphatic carbocycles. The molecular weight excluding hydrogens is 722 g/mol. The smallest absolute Gasteiger partial charge is 0.407 e. The van der Waals surface area contributed by atoms with Gasteiger partial charge in [0.2, 0.25) is 16.8 Å². The van der Waals surface area contributed by atoms with Crippen LogP contribution in [0.4, 0.5) is 9.59 Å². The lowest BCUT2D eigenvalue weighted by Gasteiger charge is -2.43. The molecule has 0 bridgehead atoms. The van der Waals surface area contributed by atoms with Gasteiger partial charge in [-0.25, -0.2) is 13.2 Å². The number of fused-ring (bicyclic) bond motifs is 2. The standard InChI is InChI=1S/C38H53N3O12S/c1-38(2,15-7-4-8-16-39-36(43)53-27-13-17-48-22-27)24-40(54(46,47)28-11-12-33-34(20-28)52-25-51-33)21-32(42)30(19-26-9-5-3-6-10-26)41(37(44)45)31-23-50-35-29(31)14-18-49-35/h3,5-6,9-12,20,27,29-32,35,42H,4,7-8,13-19,21-25H2,1-2H3,(H,39,43)(H,44,45)/p-1/t27-,29+,30+,31+,32-,35-/m1/s1. The van der Waals surface area contributed by atoms with Gasteiger partial charge in [0.15, 0.2) is 17.8 Å². The van der Waals surface area contributed by atoms with Gasteiger partial charge in [0.05, 0.1) is 49.5 Å². The van der Waals surface area contributed by atoms with Gasteiger partial charge in [-0.1, -0.05) is 57.0 Å². The lowest BCUT2D eigenvalue weighted by atomic mass is 9.86. The quantitative estimate of drug-likeness (QED) is 0.212. The van der Waals surface area contributed by atoms with Crippen LogP contribution in [0.15, 0.2) is 53.4 Å². The zero-order valence-electron chi connectivity index (χ0n) is 30.9. The molecule has 3 fully saturated rings. The van der Waals surface area contributed by atoms with Crippen molar-refractivity contribution in [2.75, 3.05) is 52.9 Å². The van der Waals surface area contributed by atoms with Crippen molar-refractivity contribution in [3.05, 3.63) is 54.1 Å². The van der Waals surface area contributed by atoms with Crippen molar-refractivity contribution in [2.45, 2.75) is 94.3 Å². The summed E-state index contributed by atoms with van der Waals surface area (Å²) in [6, 6.07) is 11.9. The normalized spacial score (nSPS) is 23.3. The van der Waals surface area contributed by atoms with E-state index in [4.69, 9.17) is 28.4 Å². The molecular formula is C38H52N3O12S-. The summed E-state index contributed by atoms with van der Waals surface area (Å²) in [7, 11) is -4.25. The van der Waals surface area contributed by atoms with Crippen molar-refractivity contribution in [1.29, 1.82) is 0 Å². The number of carbonyl (C=O) groups is 2. The van der Waals surface area contributed by atoms with Crippen molar-refractivity contribution in [3.63, 3.8) is 0 Å². The van der Waals surface area contributed by atoms with Crippen molar-refractivity contribution < 1.29 is 56.6 Å². The van der Waals surface area contributed by atoms with Crippen LogP contribution < -0.4 is 19.9 Å². The number of hydrogen-bond donors (Lipinski definition) is 2. The van der Waals surface area contributed by atoms with E-state index in [1.165, 1.54) is 22.5 Å². The van der Waals surface area contributed by atoms with Crippen molar-refractivity contribution in [3.8, 4) is 11.5 Å². The van der Waals surface area contributed by atoms with Gasteiger partial charge in [-0.15, -0.1) is 0 Å². The number of aliphatic hydroxyl groups is 1. The van der Waals surface area contributed by atoms with Gasteiger partial charge in [-0.05, 0) is 48.8 Å². The number of carboxylic acid groups (broad SMARTS) is 1. The minimum Gasteiger partial charge on any atom is -0.530 e. The van der Waals surface area contributed by atoms with Crippen LogP contribution in [0, 0.1) is 11.3 Å². The molecule has 4 aliphatic rings. The van der Waals surface area contributed by atoms with E-state index >= 15 is 0 Å². The molecule has 0 saturated carbocycles. The number of alkyl carbamates (subject to hydrolysis) is 1. The molecule has 16 heteroatoms. The van der Waals surface area contributed by atoms with Crippen LogP contribution in [-0.4, -0.2) is 118 Å². The number of carbonyl (C=O) groups excluding carboxylic acids is 2. The molecule has 2 amide bonds. The molecule has 0 unspecified atom stereocenters. The Balaban J connectivity index is 1.18. The van der Waals surface area contributed by atoms with E-state index in [1.54, 1.807) is 0 Å². The summed E-state index contributed by atoms with van der Waals surface area (Å²) in [5.74, 6) is 0.477. The predicted molar refractivity (Wildman–Crippen MR) is 192 cm³/mol. The predicted octanol–water partition coefficient (Wildman–Crippen LogP) is 2.89. The number of nitrogens with zero attached hydrogens (tertiary/aromatic N) is 2. The van der Waals surface area contributed by atoms with Crippen LogP contribution in [0.5, 0.6) is 11.5 Å². The molecule has 2 N–H and O–H groups in total. The summed E-state index contributed by atoms with van der Waals surface area (Å²) in [4.78, 5) is 26.2. The van der Waals surface area contributed by atoms with Gasteiger partial charge < -0.3 is 53.6 Å². The highest BCUT2D eigenvalue weighted by Gasteiger charge is 2.47. The minimum absolute atomic E-state index is 0.0293. The van der Waals surface area contributed by atoms with Crippen LogP contribution in [0.1, 0.15) is 57.9 Å². The Hall–Kier alpha value is -3.67. The molecule has 298 valence electrons. The fourth-order valence-corrected chi connectivity index (χ4v) is 9.40. The Labute approximate surface area is 316 Å². The fourth-order valence-electron chi connectivity index (χ4n) is 7.74. The summed E-state index contributed by atoms with van der Waals surface area (Å²) >= 11 is 0. The number of benzene rings is 2. The average molecular weight is 775 g/mol. The average Bonchev–Trinajstić information content (AvgIpc) is 3.96. The zero-order valence-corrected chi connectivity index (χ0v) is 31.7. The van der Waals surface area contributed by atoms with Gasteiger partial charge in [-0.2, -0.15) is 4.31 Å². The number of aliphatic hydroxyl groups excluding tert-OH is 1. The molecule has 54 heavy (non-hydrogen) atoms.